The fourth-order valence-electron chi connectivity index (χ4n) is 8.51. The lowest BCUT2D eigenvalue weighted by molar-refractivity contribution is 0.631. The molecule has 11 rings (SSSR count). The van der Waals surface area contributed by atoms with Crippen LogP contribution in [0, 0.1) is 0 Å². The van der Waals surface area contributed by atoms with Crippen LogP contribution in [0.4, 0.5) is 17.1 Å². The first-order valence-electron chi connectivity index (χ1n) is 20.5. The third-order valence-electron chi connectivity index (χ3n) is 11.7. The van der Waals surface area contributed by atoms with E-state index in [9.17, 15) is 0 Å². The third-order valence-corrected chi connectivity index (χ3v) is 11.7. The summed E-state index contributed by atoms with van der Waals surface area (Å²) in [5.41, 5.74) is 14.7. The minimum Gasteiger partial charge on any atom is -0.456 e. The molecule has 0 unspecified atom stereocenters. The lowest BCUT2D eigenvalue weighted by atomic mass is 9.97. The highest BCUT2D eigenvalue weighted by atomic mass is 16.3. The zero-order valence-electron chi connectivity index (χ0n) is 32.9. The van der Waals surface area contributed by atoms with Crippen LogP contribution < -0.4 is 4.90 Å². The Kier molecular flexibility index (Phi) is 8.87. The normalized spacial score (nSPS) is 11.3. The Morgan fingerprint density at radius 1 is 0.250 bits per heavy atom. The summed E-state index contributed by atoms with van der Waals surface area (Å²) in [6.07, 6.45) is 0. The number of fused-ring (bicyclic) bond motifs is 4. The van der Waals surface area contributed by atoms with Gasteiger partial charge < -0.3 is 9.32 Å². The van der Waals surface area contributed by atoms with Crippen LogP contribution in [0.25, 0.3) is 88.3 Å². The van der Waals surface area contributed by atoms with Gasteiger partial charge in [-0.1, -0.05) is 176 Å². The predicted octanol–water partition coefficient (Wildman–Crippen LogP) is 16.5. The van der Waals surface area contributed by atoms with Gasteiger partial charge in [-0.15, -0.1) is 0 Å². The van der Waals surface area contributed by atoms with Crippen LogP contribution in [0.3, 0.4) is 0 Å². The van der Waals surface area contributed by atoms with Crippen molar-refractivity contribution < 1.29 is 4.42 Å². The van der Waals surface area contributed by atoms with E-state index in [2.05, 4.69) is 223 Å². The lowest BCUT2D eigenvalue weighted by Crippen LogP contribution is -2.09. The van der Waals surface area contributed by atoms with Crippen LogP contribution in [0.5, 0.6) is 0 Å². The molecule has 1 heterocycles. The van der Waals surface area contributed by atoms with Gasteiger partial charge in [-0.2, -0.15) is 0 Å². The van der Waals surface area contributed by atoms with Crippen molar-refractivity contribution in [2.45, 2.75) is 0 Å². The molecule has 0 N–H and O–H groups in total. The number of benzene rings is 10. The predicted molar refractivity (Wildman–Crippen MR) is 253 cm³/mol. The van der Waals surface area contributed by atoms with Gasteiger partial charge in [0, 0.05) is 28.0 Å². The molecule has 0 aliphatic heterocycles. The highest BCUT2D eigenvalue weighted by molar-refractivity contribution is 6.08. The topological polar surface area (TPSA) is 16.4 Å². The van der Waals surface area contributed by atoms with Crippen molar-refractivity contribution in [1.82, 2.24) is 0 Å². The van der Waals surface area contributed by atoms with E-state index in [1.807, 2.05) is 18.2 Å². The van der Waals surface area contributed by atoms with E-state index in [0.29, 0.717) is 0 Å². The zero-order valence-corrected chi connectivity index (χ0v) is 32.9. The van der Waals surface area contributed by atoms with Crippen LogP contribution in [0.15, 0.2) is 241 Å². The SMILES string of the molecule is c1ccc(-c2ccc(N(c3ccc(-c4ccc(-c5cccc(-c6cc7ccccc7o6)c5)cc4)cc3)c3ccc(-c4ccc5c(ccc6ccccc65)c4)cc3)cc2)cc1. The molecule has 282 valence electrons. The van der Waals surface area contributed by atoms with Crippen LogP contribution in [0.1, 0.15) is 0 Å². The monoisotopic (exact) mass is 765 g/mol. The molecule has 60 heavy (non-hydrogen) atoms. The van der Waals surface area contributed by atoms with E-state index in [0.717, 1.165) is 44.9 Å². The second-order valence-corrected chi connectivity index (χ2v) is 15.4. The van der Waals surface area contributed by atoms with E-state index in [4.69, 9.17) is 4.42 Å². The Hall–Kier alpha value is -7.94. The van der Waals surface area contributed by atoms with E-state index in [1.54, 1.807) is 0 Å². The van der Waals surface area contributed by atoms with Crippen LogP contribution in [-0.4, -0.2) is 0 Å². The first-order chi connectivity index (χ1) is 29.7. The second-order valence-electron chi connectivity index (χ2n) is 15.4. The smallest absolute Gasteiger partial charge is 0.135 e. The molecule has 2 nitrogen and oxygen atoms in total. The Bertz CT molecular complexity index is 3240. The summed E-state index contributed by atoms with van der Waals surface area (Å²) in [5.74, 6) is 0.880. The Balaban J connectivity index is 0.891. The van der Waals surface area contributed by atoms with E-state index < -0.39 is 0 Å². The summed E-state index contributed by atoms with van der Waals surface area (Å²) in [5, 5.41) is 6.19. The minimum absolute atomic E-state index is 0.880. The number of para-hydroxylation sites is 1. The van der Waals surface area contributed by atoms with Gasteiger partial charge in [-0.3, -0.25) is 0 Å². The van der Waals surface area contributed by atoms with Crippen molar-refractivity contribution in [2.75, 3.05) is 4.90 Å². The molecule has 0 saturated heterocycles. The highest BCUT2D eigenvalue weighted by Crippen LogP contribution is 2.39. The Morgan fingerprint density at radius 2 is 0.683 bits per heavy atom. The lowest BCUT2D eigenvalue weighted by Gasteiger charge is -2.26. The van der Waals surface area contributed by atoms with Gasteiger partial charge in [0.2, 0.25) is 0 Å². The molecule has 0 atom stereocenters. The van der Waals surface area contributed by atoms with E-state index >= 15 is 0 Å². The molecule has 0 saturated carbocycles. The number of hydrogen-bond acceptors (Lipinski definition) is 2. The molecule has 10 aromatic carbocycles. The van der Waals surface area contributed by atoms with Crippen molar-refractivity contribution in [3.05, 3.63) is 237 Å². The van der Waals surface area contributed by atoms with Crippen LogP contribution in [-0.2, 0) is 0 Å². The Morgan fingerprint density at radius 3 is 1.32 bits per heavy atom. The maximum atomic E-state index is 6.17. The minimum atomic E-state index is 0.880. The average Bonchev–Trinajstić information content (AvgIpc) is 3.77. The van der Waals surface area contributed by atoms with Gasteiger partial charge in [0.1, 0.15) is 11.3 Å². The van der Waals surface area contributed by atoms with Gasteiger partial charge in [0.05, 0.1) is 0 Å². The third kappa shape index (κ3) is 6.70. The number of anilines is 3. The first kappa shape index (κ1) is 35.2. The first-order valence-corrected chi connectivity index (χ1v) is 20.5. The fourth-order valence-corrected chi connectivity index (χ4v) is 8.51. The van der Waals surface area contributed by atoms with Gasteiger partial charge in [0.25, 0.3) is 0 Å². The van der Waals surface area contributed by atoms with Crippen molar-refractivity contribution in [3.63, 3.8) is 0 Å². The number of nitrogens with zero attached hydrogens (tertiary/aromatic N) is 1. The number of hydrogen-bond donors (Lipinski definition) is 0. The second kappa shape index (κ2) is 15.1. The summed E-state index contributed by atoms with van der Waals surface area (Å²) >= 11 is 0. The molecular weight excluding hydrogens is 727 g/mol. The number of furan rings is 1. The molecule has 0 aliphatic rings. The molecule has 1 aromatic heterocycles. The van der Waals surface area contributed by atoms with Gasteiger partial charge in [-0.25, -0.2) is 0 Å². The molecule has 11 aromatic rings. The van der Waals surface area contributed by atoms with Crippen LogP contribution >= 0.6 is 0 Å². The van der Waals surface area contributed by atoms with E-state index in [1.165, 1.54) is 60.5 Å². The summed E-state index contributed by atoms with van der Waals surface area (Å²) in [7, 11) is 0. The molecule has 0 aliphatic carbocycles. The molecule has 0 fully saturated rings. The van der Waals surface area contributed by atoms with Crippen LogP contribution in [0.2, 0.25) is 0 Å². The van der Waals surface area contributed by atoms with Crippen molar-refractivity contribution in [2.24, 2.45) is 0 Å². The molecule has 2 heteroatoms. The van der Waals surface area contributed by atoms with Gasteiger partial charge in [0.15, 0.2) is 0 Å². The molecular formula is C58H39NO. The van der Waals surface area contributed by atoms with E-state index in [-0.39, 0.29) is 0 Å². The number of rotatable bonds is 8. The van der Waals surface area contributed by atoms with Crippen molar-refractivity contribution >= 4 is 49.6 Å². The van der Waals surface area contributed by atoms with Crippen molar-refractivity contribution in [1.29, 1.82) is 0 Å². The molecule has 0 bridgehead atoms. The molecule has 0 radical (unpaired) electrons. The summed E-state index contributed by atoms with van der Waals surface area (Å²) in [4.78, 5) is 2.34. The zero-order chi connectivity index (χ0) is 39.8. The summed E-state index contributed by atoms with van der Waals surface area (Å²) in [6.45, 7) is 0. The summed E-state index contributed by atoms with van der Waals surface area (Å²) in [6, 6.07) is 84.9. The Labute approximate surface area is 349 Å². The molecule has 0 amide bonds. The quantitative estimate of drug-likeness (QED) is 0.143. The maximum absolute atomic E-state index is 6.17. The highest BCUT2D eigenvalue weighted by Gasteiger charge is 2.15. The van der Waals surface area contributed by atoms with Crippen molar-refractivity contribution in [3.8, 4) is 55.8 Å². The molecule has 0 spiro atoms. The maximum Gasteiger partial charge on any atom is 0.135 e. The largest absolute Gasteiger partial charge is 0.456 e. The van der Waals surface area contributed by atoms with Gasteiger partial charge in [-0.05, 0) is 127 Å². The average molecular weight is 766 g/mol. The summed E-state index contributed by atoms with van der Waals surface area (Å²) < 4.78 is 6.17. The fraction of sp³-hybridized carbons (Fsp3) is 0. The standard InChI is InChI=1S/C58H39NO/c1-2-9-40(10-3-1)42-23-30-52(31-24-42)59(54-34-27-45(28-35-54)48-29-36-56-49(37-48)22-21-46-11-4-6-15-55(46)56)53-32-25-43(26-33-53)41-17-19-44(20-18-41)47-13-8-14-50(38-47)58-39-51-12-5-7-16-57(51)60-58/h1-39H. The van der Waals surface area contributed by atoms with Gasteiger partial charge >= 0.3 is 0 Å².